The van der Waals surface area contributed by atoms with Crippen LogP contribution >= 0.6 is 0 Å². The van der Waals surface area contributed by atoms with Gasteiger partial charge < -0.3 is 12.2 Å². The van der Waals surface area contributed by atoms with E-state index >= 15 is 0 Å². The Hall–Kier alpha value is 0.343. The first-order chi connectivity index (χ1) is 2.27. The summed E-state index contributed by atoms with van der Waals surface area (Å²) < 4.78 is 11.9. The van der Waals surface area contributed by atoms with E-state index in [1.54, 1.807) is 0 Å². The molecule has 0 bridgehead atoms. The zero-order valence-electron chi connectivity index (χ0n) is 4.92. The molecule has 0 aliphatic rings. The van der Waals surface area contributed by atoms with Gasteiger partial charge in [-0.1, -0.05) is 0 Å². The Labute approximate surface area is 54.7 Å². The van der Waals surface area contributed by atoms with Crippen molar-refractivity contribution >= 4 is 32.2 Å². The van der Waals surface area contributed by atoms with Gasteiger partial charge in [0, 0.05) is 0 Å². The van der Waals surface area contributed by atoms with Gasteiger partial charge in [0.2, 0.25) is 0 Å². The molecule has 0 unspecified atom stereocenters. The molecule has 2 N–H and O–H groups in total. The minimum Gasteiger partial charge on any atom is -1.00 e. The molecule has 0 spiro atoms. The van der Waals surface area contributed by atoms with Gasteiger partial charge in [-0.2, -0.15) is 0 Å². The monoisotopic (exact) mass is 120 g/mol. The number of hydrogen-bond acceptors (Lipinski definition) is 3. The van der Waals surface area contributed by atoms with Gasteiger partial charge in [0.15, 0.2) is 0 Å². The molecule has 0 heterocycles. The van der Waals surface area contributed by atoms with Gasteiger partial charge in [0.25, 0.3) is 0 Å². The summed E-state index contributed by atoms with van der Waals surface area (Å²) in [6.07, 6.45) is 0. The first kappa shape index (κ1) is 9.60. The summed E-state index contributed by atoms with van der Waals surface area (Å²) in [5, 5.41) is 7.13. The molecule has 0 aliphatic heterocycles. The second kappa shape index (κ2) is 5.34. The largest absolute Gasteiger partial charge is 2.00 e. The smallest absolute Gasteiger partial charge is 1.00 e. The van der Waals surface area contributed by atoms with Crippen molar-refractivity contribution in [3.8, 4) is 0 Å². The third-order valence-corrected chi connectivity index (χ3v) is 0.234. The maximum absolute atomic E-state index is 9.08. The molecular formula is H4MgO4Si. The van der Waals surface area contributed by atoms with Gasteiger partial charge >= 0.3 is 32.2 Å². The quantitative estimate of drug-likeness (QED) is 0.257. The summed E-state index contributed by atoms with van der Waals surface area (Å²) in [5.41, 5.74) is 0. The number of rotatable bonds is 1. The molecule has 0 amide bonds. The van der Waals surface area contributed by atoms with Crippen molar-refractivity contribution in [2.45, 2.75) is 0 Å². The third-order valence-electron chi connectivity index (χ3n) is 0.0781. The predicted octanol–water partition coefficient (Wildman–Crippen LogP) is -1.27. The Morgan fingerprint density at radius 1 is 1.83 bits per heavy atom. The van der Waals surface area contributed by atoms with Gasteiger partial charge in [-0.3, -0.25) is 4.46 Å². The van der Waals surface area contributed by atoms with E-state index < -0.39 is 9.17 Å². The fourth-order valence-electron chi connectivity index (χ4n) is 0. The van der Waals surface area contributed by atoms with E-state index in [1.165, 1.54) is 0 Å². The molecule has 0 aromatic carbocycles. The minimum absolute atomic E-state index is 0. The van der Waals surface area contributed by atoms with E-state index in [4.69, 9.17) is 14.5 Å². The van der Waals surface area contributed by atoms with Crippen molar-refractivity contribution in [2.24, 2.45) is 0 Å². The van der Waals surface area contributed by atoms with E-state index in [0.717, 1.165) is 0 Å². The third kappa shape index (κ3) is 8.84. The summed E-state index contributed by atoms with van der Waals surface area (Å²) in [7, 11) is -3.07. The molecule has 6 heteroatoms. The second-order valence-corrected chi connectivity index (χ2v) is 1.07. The molecule has 0 radical (unpaired) electrons. The molecule has 0 saturated heterocycles. The van der Waals surface area contributed by atoms with E-state index in [0.29, 0.717) is 0 Å². The molecule has 0 aromatic rings. The molecule has 0 aliphatic carbocycles. The van der Waals surface area contributed by atoms with Crippen LogP contribution in [0.5, 0.6) is 0 Å². The van der Waals surface area contributed by atoms with E-state index in [2.05, 4.69) is 4.58 Å². The van der Waals surface area contributed by atoms with Crippen LogP contribution in [-0.2, 0) is 9.04 Å². The molecule has 0 saturated carbocycles. The number of hydrogen-bond donors (Lipinski definition) is 2. The van der Waals surface area contributed by atoms with E-state index in [1.807, 2.05) is 0 Å². The molecule has 0 rings (SSSR count). The molecule has 0 aromatic heterocycles. The Bertz CT molecular complexity index is 49.3. The zero-order chi connectivity index (χ0) is 4.28. The SMILES string of the molecule is O=[Si](O)OO.[H-].[H-].[Mg+2]. The average Bonchev–Trinajstić information content (AvgIpc) is 1.38. The van der Waals surface area contributed by atoms with Crippen molar-refractivity contribution in [3.63, 3.8) is 0 Å². The molecule has 6 heavy (non-hydrogen) atoms. The first-order valence-corrected chi connectivity index (χ1v) is 2.08. The van der Waals surface area contributed by atoms with Crippen LogP contribution in [0, 0.1) is 0 Å². The van der Waals surface area contributed by atoms with Crippen LogP contribution in [-0.4, -0.2) is 42.3 Å². The average molecular weight is 120 g/mol. The van der Waals surface area contributed by atoms with Crippen molar-refractivity contribution in [1.82, 2.24) is 0 Å². The van der Waals surface area contributed by atoms with Crippen LogP contribution in [0.4, 0.5) is 0 Å². The zero-order valence-corrected chi connectivity index (χ0v) is 5.33. The van der Waals surface area contributed by atoms with Crippen LogP contribution in [0.2, 0.25) is 0 Å². The fourth-order valence-corrected chi connectivity index (χ4v) is 0. The first-order valence-electron chi connectivity index (χ1n) is 0.814. The Balaban J connectivity index is -0.0000000267. The maximum atomic E-state index is 9.08. The van der Waals surface area contributed by atoms with Crippen LogP contribution in [0.3, 0.4) is 0 Å². The van der Waals surface area contributed by atoms with Crippen LogP contribution in [0.15, 0.2) is 0 Å². The summed E-state index contributed by atoms with van der Waals surface area (Å²) in [6, 6.07) is 0. The maximum Gasteiger partial charge on any atom is 2.00 e. The van der Waals surface area contributed by atoms with Crippen LogP contribution in [0.25, 0.3) is 0 Å². The molecular weight excluding hydrogens is 116 g/mol. The topological polar surface area (TPSA) is 66.8 Å². The van der Waals surface area contributed by atoms with Gasteiger partial charge in [0.1, 0.15) is 0 Å². The van der Waals surface area contributed by atoms with Crippen molar-refractivity contribution in [1.29, 1.82) is 0 Å². The Morgan fingerprint density at radius 3 is 2.00 bits per heavy atom. The van der Waals surface area contributed by atoms with Crippen LogP contribution in [0.1, 0.15) is 2.85 Å². The van der Waals surface area contributed by atoms with E-state index in [-0.39, 0.29) is 25.9 Å². The van der Waals surface area contributed by atoms with Gasteiger partial charge in [-0.15, -0.1) is 0 Å². The van der Waals surface area contributed by atoms with Crippen LogP contribution < -0.4 is 0 Å². The fraction of sp³-hybridized carbons (Fsp3) is 0. The van der Waals surface area contributed by atoms with Gasteiger partial charge in [-0.05, 0) is 0 Å². The Morgan fingerprint density at radius 2 is 2.00 bits per heavy atom. The molecule has 4 nitrogen and oxygen atoms in total. The van der Waals surface area contributed by atoms with Crippen molar-refractivity contribution in [2.75, 3.05) is 0 Å². The Kier molecular flexibility index (Phi) is 8.55. The van der Waals surface area contributed by atoms with E-state index in [9.17, 15) is 0 Å². The predicted molar refractivity (Wildman–Crippen MR) is 20.4 cm³/mol. The van der Waals surface area contributed by atoms with Gasteiger partial charge in [-0.25, -0.2) is 5.26 Å². The minimum atomic E-state index is -3.07. The summed E-state index contributed by atoms with van der Waals surface area (Å²) in [4.78, 5) is 7.44. The molecule has 0 fully saturated rings. The second-order valence-electron chi connectivity index (χ2n) is 0.357. The summed E-state index contributed by atoms with van der Waals surface area (Å²) >= 11 is 0. The summed E-state index contributed by atoms with van der Waals surface area (Å²) in [5.74, 6) is 0. The standard InChI is InChI=1S/Mg.H2O4Si.2H/c;1-4-5(2)3;;/h;1-2H;;/q+2;;2*-1. The van der Waals surface area contributed by atoms with Crippen molar-refractivity contribution < 1.29 is 21.9 Å². The molecule has 0 atom stereocenters. The van der Waals surface area contributed by atoms with Crippen molar-refractivity contribution in [3.05, 3.63) is 0 Å². The molecule has 34 valence electrons. The van der Waals surface area contributed by atoms with Gasteiger partial charge in [0.05, 0.1) is 0 Å². The summed E-state index contributed by atoms with van der Waals surface area (Å²) in [6.45, 7) is 0. The normalized spacial score (nSPS) is 5.50.